The molecule has 0 saturated carbocycles. The lowest BCUT2D eigenvalue weighted by Crippen LogP contribution is -2.31. The minimum atomic E-state index is 0.109. The number of nitrogens with zero attached hydrogens (tertiary/aromatic N) is 3. The molecule has 58 heavy (non-hydrogen) atoms. The predicted octanol–water partition coefficient (Wildman–Crippen LogP) is 14.1. The maximum absolute atomic E-state index is 6.34. The van der Waals surface area contributed by atoms with Gasteiger partial charge in [-0.3, -0.25) is 0 Å². The Hall–Kier alpha value is -7.63. The molecule has 5 heteroatoms. The monoisotopic (exact) mass is 745 g/mol. The zero-order valence-corrected chi connectivity index (χ0v) is 31.4. The van der Waals surface area contributed by atoms with Crippen molar-refractivity contribution in [2.75, 3.05) is 9.80 Å². The van der Waals surface area contributed by atoms with Crippen molar-refractivity contribution >= 4 is 66.6 Å². The van der Waals surface area contributed by atoms with Gasteiger partial charge in [-0.2, -0.15) is 0 Å². The van der Waals surface area contributed by atoms with Crippen molar-refractivity contribution in [1.82, 2.24) is 4.98 Å². The summed E-state index contributed by atoms with van der Waals surface area (Å²) < 4.78 is 12.6. The molecule has 8 aromatic carbocycles. The molecule has 1 aliphatic heterocycles. The highest BCUT2D eigenvalue weighted by molar-refractivity contribution is 6.07. The summed E-state index contributed by atoms with van der Waals surface area (Å²) >= 11 is 0. The summed E-state index contributed by atoms with van der Waals surface area (Å²) in [5, 5.41) is 4.37. The molecule has 0 spiro atoms. The van der Waals surface area contributed by atoms with Crippen LogP contribution in [0.15, 0.2) is 215 Å². The van der Waals surface area contributed by atoms with E-state index in [9.17, 15) is 0 Å². The van der Waals surface area contributed by atoms with Crippen molar-refractivity contribution in [2.24, 2.45) is 0 Å². The van der Waals surface area contributed by atoms with Crippen molar-refractivity contribution < 1.29 is 8.83 Å². The molecule has 2 aliphatic rings. The summed E-state index contributed by atoms with van der Waals surface area (Å²) in [6, 6.07) is 64.3. The minimum absolute atomic E-state index is 0.109. The molecule has 12 rings (SSSR count). The van der Waals surface area contributed by atoms with Crippen LogP contribution in [0, 0.1) is 0 Å². The zero-order chi connectivity index (χ0) is 38.2. The predicted molar refractivity (Wildman–Crippen MR) is 237 cm³/mol. The van der Waals surface area contributed by atoms with E-state index >= 15 is 0 Å². The largest absolute Gasteiger partial charge is 0.456 e. The van der Waals surface area contributed by atoms with Gasteiger partial charge in [0.25, 0.3) is 0 Å². The van der Waals surface area contributed by atoms with Crippen molar-refractivity contribution in [2.45, 2.75) is 12.0 Å². The van der Waals surface area contributed by atoms with E-state index in [2.05, 4.69) is 168 Å². The number of oxazole rings is 1. The number of aromatic nitrogens is 1. The maximum Gasteiger partial charge on any atom is 0.227 e. The summed E-state index contributed by atoms with van der Waals surface area (Å²) in [5.74, 6) is 0.872. The molecule has 10 aromatic rings. The summed E-state index contributed by atoms with van der Waals surface area (Å²) in [7, 11) is 0. The van der Waals surface area contributed by atoms with Crippen LogP contribution in [-0.2, 0) is 0 Å². The van der Waals surface area contributed by atoms with E-state index < -0.39 is 0 Å². The van der Waals surface area contributed by atoms with Crippen LogP contribution in [0.5, 0.6) is 0 Å². The Balaban J connectivity index is 0.954. The number of para-hydroxylation sites is 3. The molecular weight excluding hydrogens is 711 g/mol. The van der Waals surface area contributed by atoms with Gasteiger partial charge in [-0.15, -0.1) is 0 Å². The van der Waals surface area contributed by atoms with Gasteiger partial charge in [0.2, 0.25) is 5.89 Å². The highest BCUT2D eigenvalue weighted by atomic mass is 16.3. The second kappa shape index (κ2) is 13.0. The van der Waals surface area contributed by atoms with Crippen LogP contribution in [0.1, 0.15) is 11.5 Å². The van der Waals surface area contributed by atoms with E-state index in [-0.39, 0.29) is 12.0 Å². The third-order valence-electron chi connectivity index (χ3n) is 11.8. The first kappa shape index (κ1) is 32.6. The summed E-state index contributed by atoms with van der Waals surface area (Å²) in [5.41, 5.74) is 13.7. The molecule has 0 radical (unpaired) electrons. The Morgan fingerprint density at radius 1 is 0.534 bits per heavy atom. The number of rotatable bonds is 6. The lowest BCUT2D eigenvalue weighted by molar-refractivity contribution is 0.623. The van der Waals surface area contributed by atoms with Crippen LogP contribution in [0.25, 0.3) is 66.4 Å². The number of fused-ring (bicyclic) bond motifs is 9. The molecular formula is C53H35N3O2. The van der Waals surface area contributed by atoms with E-state index in [4.69, 9.17) is 13.8 Å². The third-order valence-corrected chi connectivity index (χ3v) is 11.8. The Kier molecular flexibility index (Phi) is 7.29. The van der Waals surface area contributed by atoms with Crippen LogP contribution in [0.2, 0.25) is 0 Å². The summed E-state index contributed by atoms with van der Waals surface area (Å²) in [6.07, 6.45) is 7.13. The van der Waals surface area contributed by atoms with Crippen molar-refractivity contribution in [3.8, 4) is 22.6 Å². The number of furan rings is 1. The number of benzene rings is 8. The molecule has 0 amide bonds. The van der Waals surface area contributed by atoms with Gasteiger partial charge in [0.05, 0.1) is 6.04 Å². The van der Waals surface area contributed by atoms with Crippen LogP contribution in [-0.4, -0.2) is 11.0 Å². The molecule has 2 unspecified atom stereocenters. The van der Waals surface area contributed by atoms with Crippen molar-refractivity contribution in [1.29, 1.82) is 0 Å². The normalized spacial score (nSPS) is 15.9. The van der Waals surface area contributed by atoms with Gasteiger partial charge < -0.3 is 18.6 Å². The molecule has 274 valence electrons. The fraction of sp³-hybridized carbons (Fsp3) is 0.0377. The van der Waals surface area contributed by atoms with E-state index in [0.29, 0.717) is 5.89 Å². The van der Waals surface area contributed by atoms with E-state index in [1.54, 1.807) is 0 Å². The highest BCUT2D eigenvalue weighted by Gasteiger charge is 2.39. The average Bonchev–Trinajstić information content (AvgIpc) is 3.99. The van der Waals surface area contributed by atoms with Gasteiger partial charge in [0, 0.05) is 56.1 Å². The van der Waals surface area contributed by atoms with Gasteiger partial charge in [-0.1, -0.05) is 103 Å². The van der Waals surface area contributed by atoms with E-state index in [0.717, 1.165) is 77.6 Å². The number of allylic oxidation sites excluding steroid dienone is 1. The first-order valence-corrected chi connectivity index (χ1v) is 19.8. The number of anilines is 4. The molecule has 0 N–H and O–H groups in total. The Morgan fingerprint density at radius 3 is 2.16 bits per heavy atom. The lowest BCUT2D eigenvalue weighted by Gasteiger charge is -2.34. The van der Waals surface area contributed by atoms with Gasteiger partial charge in [-0.25, -0.2) is 4.98 Å². The standard InChI is InChI=1S/C53H35N3O2/c1-3-11-35(12-4-1)53-54-47-29-22-37-31-36(21-27-42(37)52(47)58-53)34-19-23-39(24-20-34)55(40-26-30-51-46(32-40)45-16-8-10-18-50(45)57-51)41-25-28-44-43-15-7-9-17-48(43)56(49(44)33-41)38-13-5-2-6-14-38/h1-33,44,49H. The van der Waals surface area contributed by atoms with Crippen molar-refractivity contribution in [3.63, 3.8) is 0 Å². The first-order chi connectivity index (χ1) is 28.7. The third kappa shape index (κ3) is 5.21. The van der Waals surface area contributed by atoms with Gasteiger partial charge >= 0.3 is 0 Å². The second-order valence-corrected chi connectivity index (χ2v) is 15.1. The van der Waals surface area contributed by atoms with Gasteiger partial charge in [0.1, 0.15) is 16.7 Å². The molecule has 2 atom stereocenters. The lowest BCUT2D eigenvalue weighted by atomic mass is 9.90. The van der Waals surface area contributed by atoms with E-state index in [1.807, 2.05) is 42.5 Å². The fourth-order valence-corrected chi connectivity index (χ4v) is 9.07. The second-order valence-electron chi connectivity index (χ2n) is 15.1. The van der Waals surface area contributed by atoms with Gasteiger partial charge in [0.15, 0.2) is 5.58 Å². The SMILES string of the molecule is C1=CC2c3ccccc3N(c3ccccc3)C2C=C1N(c1ccc(-c2ccc3c(ccc4nc(-c5ccccc5)oc43)c2)cc1)c1ccc2oc3ccccc3c2c1. The van der Waals surface area contributed by atoms with Crippen LogP contribution >= 0.6 is 0 Å². The summed E-state index contributed by atoms with van der Waals surface area (Å²) in [4.78, 5) is 9.67. The molecule has 5 nitrogen and oxygen atoms in total. The summed E-state index contributed by atoms with van der Waals surface area (Å²) in [6.45, 7) is 0. The molecule has 0 fully saturated rings. The molecule has 3 heterocycles. The molecule has 2 aromatic heterocycles. The Bertz CT molecular complexity index is 3250. The first-order valence-electron chi connectivity index (χ1n) is 19.8. The fourth-order valence-electron chi connectivity index (χ4n) is 9.07. The molecule has 0 saturated heterocycles. The average molecular weight is 746 g/mol. The quantitative estimate of drug-likeness (QED) is 0.170. The molecule has 1 aliphatic carbocycles. The van der Waals surface area contributed by atoms with Crippen LogP contribution in [0.4, 0.5) is 22.7 Å². The topological polar surface area (TPSA) is 45.7 Å². The zero-order valence-electron chi connectivity index (χ0n) is 31.4. The van der Waals surface area contributed by atoms with Crippen LogP contribution in [0.3, 0.4) is 0 Å². The maximum atomic E-state index is 6.34. The Labute approximate surface area is 335 Å². The molecule has 0 bridgehead atoms. The Morgan fingerprint density at radius 2 is 1.28 bits per heavy atom. The van der Waals surface area contributed by atoms with E-state index in [1.165, 1.54) is 16.9 Å². The van der Waals surface area contributed by atoms with Crippen molar-refractivity contribution in [3.05, 3.63) is 211 Å². The number of hydrogen-bond donors (Lipinski definition) is 0. The smallest absolute Gasteiger partial charge is 0.227 e. The number of hydrogen-bond acceptors (Lipinski definition) is 5. The minimum Gasteiger partial charge on any atom is -0.456 e. The van der Waals surface area contributed by atoms with Gasteiger partial charge in [-0.05, 0) is 119 Å². The van der Waals surface area contributed by atoms with Crippen LogP contribution < -0.4 is 9.80 Å². The highest BCUT2D eigenvalue weighted by Crippen LogP contribution is 2.49.